The van der Waals surface area contributed by atoms with Crippen LogP contribution >= 0.6 is 0 Å². The summed E-state index contributed by atoms with van der Waals surface area (Å²) in [7, 11) is 1.76. The smallest absolute Gasteiger partial charge is 0.183 e. The zero-order chi connectivity index (χ0) is 14.0. The van der Waals surface area contributed by atoms with Gasteiger partial charge >= 0.3 is 0 Å². The van der Waals surface area contributed by atoms with Crippen molar-refractivity contribution in [1.82, 2.24) is 20.2 Å². The Hall–Kier alpha value is -1.75. The van der Waals surface area contributed by atoms with Crippen LogP contribution in [0.3, 0.4) is 0 Å². The van der Waals surface area contributed by atoms with Crippen molar-refractivity contribution in [2.45, 2.75) is 32.1 Å². The van der Waals surface area contributed by atoms with Gasteiger partial charge in [-0.05, 0) is 21.8 Å². The van der Waals surface area contributed by atoms with Gasteiger partial charge in [-0.15, -0.1) is 10.2 Å². The predicted molar refractivity (Wildman–Crippen MR) is 74.8 cm³/mol. The van der Waals surface area contributed by atoms with Crippen LogP contribution in [-0.4, -0.2) is 26.8 Å². The average Bonchev–Trinajstić information content (AvgIpc) is 2.76. The van der Waals surface area contributed by atoms with Gasteiger partial charge < -0.3 is 5.73 Å². The highest BCUT2D eigenvalue weighted by atomic mass is 15.6. The van der Waals surface area contributed by atoms with Crippen molar-refractivity contribution < 1.29 is 0 Å². The molecule has 0 aliphatic heterocycles. The summed E-state index contributed by atoms with van der Waals surface area (Å²) in [5.41, 5.74) is 8.44. The molecule has 0 spiro atoms. The second-order valence-electron chi connectivity index (χ2n) is 5.80. The molecule has 0 saturated heterocycles. The third-order valence-corrected chi connectivity index (χ3v) is 3.25. The maximum atomic E-state index is 5.85. The van der Waals surface area contributed by atoms with Crippen molar-refractivity contribution >= 4 is 0 Å². The molecule has 0 saturated carbocycles. The number of nitrogens with two attached hydrogens (primary N) is 1. The van der Waals surface area contributed by atoms with E-state index in [1.807, 2.05) is 0 Å². The molecular formula is C14H21N5. The van der Waals surface area contributed by atoms with E-state index in [4.69, 9.17) is 5.73 Å². The van der Waals surface area contributed by atoms with Crippen LogP contribution in [-0.2, 0) is 12.5 Å². The highest BCUT2D eigenvalue weighted by Gasteiger charge is 2.19. The van der Waals surface area contributed by atoms with Crippen LogP contribution < -0.4 is 5.73 Å². The molecule has 0 bridgehead atoms. The van der Waals surface area contributed by atoms with Crippen LogP contribution in [0.1, 0.15) is 43.6 Å². The molecular weight excluding hydrogens is 238 g/mol. The molecule has 1 unspecified atom stereocenters. The van der Waals surface area contributed by atoms with Crippen molar-refractivity contribution in [3.8, 4) is 0 Å². The summed E-state index contributed by atoms with van der Waals surface area (Å²) in [6, 6.07) is 8.51. The minimum Gasteiger partial charge on any atom is -0.329 e. The van der Waals surface area contributed by atoms with E-state index in [1.54, 1.807) is 7.05 Å². The fourth-order valence-corrected chi connectivity index (χ4v) is 2.04. The van der Waals surface area contributed by atoms with Crippen molar-refractivity contribution in [1.29, 1.82) is 0 Å². The molecule has 0 radical (unpaired) electrons. The summed E-state index contributed by atoms with van der Waals surface area (Å²) in [4.78, 5) is 1.46. The first-order valence-corrected chi connectivity index (χ1v) is 6.46. The molecule has 2 N–H and O–H groups in total. The van der Waals surface area contributed by atoms with Gasteiger partial charge in [0.25, 0.3) is 0 Å². The Bertz CT molecular complexity index is 536. The normalized spacial score (nSPS) is 13.5. The average molecular weight is 259 g/mol. The van der Waals surface area contributed by atoms with Gasteiger partial charge in [-0.25, -0.2) is 0 Å². The number of nitrogens with zero attached hydrogens (tertiary/aromatic N) is 4. The maximum Gasteiger partial charge on any atom is 0.183 e. The van der Waals surface area contributed by atoms with E-state index in [2.05, 4.69) is 60.4 Å². The zero-order valence-corrected chi connectivity index (χ0v) is 12.0. The highest BCUT2D eigenvalue weighted by molar-refractivity contribution is 5.32. The predicted octanol–water partition coefficient (Wildman–Crippen LogP) is 1.60. The molecule has 1 heterocycles. The van der Waals surface area contributed by atoms with Gasteiger partial charge in [0.05, 0.1) is 13.0 Å². The number of hydrogen-bond acceptors (Lipinski definition) is 4. The third kappa shape index (κ3) is 2.98. The number of tetrazole rings is 1. The Kier molecular flexibility index (Phi) is 3.66. The number of benzene rings is 1. The maximum absolute atomic E-state index is 5.85. The molecule has 1 aromatic carbocycles. The van der Waals surface area contributed by atoms with Crippen molar-refractivity contribution in [3.05, 3.63) is 41.2 Å². The van der Waals surface area contributed by atoms with Crippen LogP contribution in [0.5, 0.6) is 0 Å². The van der Waals surface area contributed by atoms with E-state index in [0.717, 1.165) is 5.56 Å². The molecule has 0 fully saturated rings. The Morgan fingerprint density at radius 2 is 1.84 bits per heavy atom. The molecule has 5 nitrogen and oxygen atoms in total. The summed E-state index contributed by atoms with van der Waals surface area (Å²) in [6.07, 6.45) is 0. The number of aryl methyl sites for hydroxylation is 1. The zero-order valence-electron chi connectivity index (χ0n) is 12.0. The molecule has 0 amide bonds. The van der Waals surface area contributed by atoms with Crippen LogP contribution in [0.4, 0.5) is 0 Å². The lowest BCUT2D eigenvalue weighted by Crippen LogP contribution is -2.16. The van der Waals surface area contributed by atoms with Crippen molar-refractivity contribution in [2.24, 2.45) is 12.8 Å². The second kappa shape index (κ2) is 5.09. The van der Waals surface area contributed by atoms with Crippen LogP contribution in [0.2, 0.25) is 0 Å². The monoisotopic (exact) mass is 259 g/mol. The van der Waals surface area contributed by atoms with Crippen LogP contribution in [0.25, 0.3) is 0 Å². The summed E-state index contributed by atoms with van der Waals surface area (Å²) in [5, 5.41) is 12.2. The molecule has 5 heteroatoms. The minimum absolute atomic E-state index is 0.00252. The van der Waals surface area contributed by atoms with E-state index < -0.39 is 0 Å². The lowest BCUT2D eigenvalue weighted by atomic mass is 9.85. The van der Waals surface area contributed by atoms with Crippen LogP contribution in [0.15, 0.2) is 24.3 Å². The molecule has 0 aliphatic rings. The van der Waals surface area contributed by atoms with Crippen LogP contribution in [0, 0.1) is 0 Å². The molecule has 1 aromatic heterocycles. The Morgan fingerprint density at radius 3 is 2.26 bits per heavy atom. The van der Waals surface area contributed by atoms with Gasteiger partial charge in [-0.1, -0.05) is 45.0 Å². The summed E-state index contributed by atoms with van der Waals surface area (Å²) in [6.45, 7) is 7.08. The number of rotatable bonds is 3. The van der Waals surface area contributed by atoms with Crippen molar-refractivity contribution in [3.63, 3.8) is 0 Å². The Morgan fingerprint density at radius 1 is 1.21 bits per heavy atom. The van der Waals surface area contributed by atoms with Gasteiger partial charge in [0.15, 0.2) is 5.82 Å². The molecule has 19 heavy (non-hydrogen) atoms. The second-order valence-corrected chi connectivity index (χ2v) is 5.80. The minimum atomic E-state index is 0.00252. The van der Waals surface area contributed by atoms with Crippen molar-refractivity contribution in [2.75, 3.05) is 6.54 Å². The summed E-state index contributed by atoms with van der Waals surface area (Å²) in [5.74, 6) is 0.677. The van der Waals surface area contributed by atoms with Gasteiger partial charge in [0, 0.05) is 6.54 Å². The first-order valence-electron chi connectivity index (χ1n) is 6.46. The molecule has 2 aromatic rings. The lowest BCUT2D eigenvalue weighted by Gasteiger charge is -2.20. The Balaban J connectivity index is 2.30. The van der Waals surface area contributed by atoms with Gasteiger partial charge in [0.1, 0.15) is 0 Å². The van der Waals surface area contributed by atoms with Gasteiger partial charge in [-0.3, -0.25) is 0 Å². The third-order valence-electron chi connectivity index (χ3n) is 3.25. The fraction of sp³-hybridized carbons (Fsp3) is 0.500. The first-order chi connectivity index (χ1) is 8.91. The van der Waals surface area contributed by atoms with E-state index in [1.165, 1.54) is 10.4 Å². The van der Waals surface area contributed by atoms with E-state index >= 15 is 0 Å². The van der Waals surface area contributed by atoms with E-state index in [0.29, 0.717) is 12.4 Å². The summed E-state index contributed by atoms with van der Waals surface area (Å²) < 4.78 is 0. The van der Waals surface area contributed by atoms with Gasteiger partial charge in [-0.2, -0.15) is 4.80 Å². The molecule has 2 rings (SSSR count). The lowest BCUT2D eigenvalue weighted by molar-refractivity contribution is 0.589. The number of hydrogen-bond donors (Lipinski definition) is 1. The largest absolute Gasteiger partial charge is 0.329 e. The fourth-order valence-electron chi connectivity index (χ4n) is 2.04. The number of aromatic nitrogens is 4. The van der Waals surface area contributed by atoms with Gasteiger partial charge in [0.2, 0.25) is 0 Å². The summed E-state index contributed by atoms with van der Waals surface area (Å²) >= 11 is 0. The topological polar surface area (TPSA) is 69.6 Å². The quantitative estimate of drug-likeness (QED) is 0.909. The molecule has 102 valence electrons. The standard InChI is InChI=1S/C14H21N5/c1-14(2,3)11-7-5-10(6-8-11)12(9-15)13-16-18-19(4)17-13/h5-8,12H,9,15H2,1-4H3. The first kappa shape index (κ1) is 13.7. The Labute approximate surface area is 113 Å². The highest BCUT2D eigenvalue weighted by Crippen LogP contribution is 2.26. The molecule has 0 aliphatic carbocycles. The molecule has 1 atom stereocenters. The van der Waals surface area contributed by atoms with E-state index in [9.17, 15) is 0 Å². The SMILES string of the molecule is Cn1nnc(C(CN)c2ccc(C(C)(C)C)cc2)n1. The van der Waals surface area contributed by atoms with E-state index in [-0.39, 0.29) is 11.3 Å².